The number of nitrogens with zero attached hydrogens (tertiary/aromatic N) is 2. The highest BCUT2D eigenvalue weighted by atomic mass is 19.4. The molecule has 14 heteroatoms. The number of carbonyl (C=O) groups is 5. The van der Waals surface area contributed by atoms with Crippen molar-refractivity contribution in [3.63, 3.8) is 0 Å². The van der Waals surface area contributed by atoms with Gasteiger partial charge in [-0.3, -0.25) is 29.4 Å². The van der Waals surface area contributed by atoms with Crippen molar-refractivity contribution in [2.75, 3.05) is 18.5 Å². The van der Waals surface area contributed by atoms with Crippen LogP contribution in [0.25, 0.3) is 0 Å². The molecule has 1 aromatic carbocycles. The van der Waals surface area contributed by atoms with Crippen LogP contribution in [0, 0.1) is 5.82 Å². The van der Waals surface area contributed by atoms with Gasteiger partial charge in [-0.25, -0.2) is 9.18 Å². The smallest absolute Gasteiger partial charge is 0.475 e. The monoisotopic (exact) mass is 490 g/mol. The van der Waals surface area contributed by atoms with E-state index in [4.69, 9.17) is 15.6 Å². The Bertz CT molecular complexity index is 1050. The maximum Gasteiger partial charge on any atom is 0.490 e. The molecule has 4 N–H and O–H groups in total. The molecule has 186 valence electrons. The third-order valence-electron chi connectivity index (χ3n) is 4.80. The number of rotatable bonds is 4. The number of carboxylic acid groups (broad SMARTS) is 1. The van der Waals surface area contributed by atoms with Gasteiger partial charge in [-0.05, 0) is 32.4 Å². The zero-order chi connectivity index (χ0) is 26.2. The summed E-state index contributed by atoms with van der Waals surface area (Å²) >= 11 is 0. The number of piperidine rings is 1. The van der Waals surface area contributed by atoms with E-state index in [1.165, 1.54) is 11.0 Å². The summed E-state index contributed by atoms with van der Waals surface area (Å²) in [6.45, 7) is 3.75. The van der Waals surface area contributed by atoms with Crippen LogP contribution in [-0.2, 0) is 14.4 Å². The molecule has 1 fully saturated rings. The Morgan fingerprint density at radius 1 is 1.21 bits per heavy atom. The van der Waals surface area contributed by atoms with Crippen LogP contribution in [0.5, 0.6) is 0 Å². The third kappa shape index (κ3) is 5.68. The summed E-state index contributed by atoms with van der Waals surface area (Å²) in [4.78, 5) is 60.5. The fraction of sp³-hybridized carbons (Fsp3) is 0.450. The van der Waals surface area contributed by atoms with Crippen LogP contribution in [0.15, 0.2) is 12.1 Å². The van der Waals surface area contributed by atoms with E-state index in [1.807, 2.05) is 0 Å². The maximum absolute atomic E-state index is 14.6. The average molecular weight is 490 g/mol. The number of carbonyl (C=O) groups excluding carboxylic acids is 4. The van der Waals surface area contributed by atoms with Crippen LogP contribution in [0.3, 0.4) is 0 Å². The SMILES string of the molecule is CN(CC(C)(C)N)c1c(F)ccc2c1C(=O)N(C1CCC(=O)NC1=O)C2=O.O=C(O)C(F)(F)F. The first-order valence-corrected chi connectivity index (χ1v) is 9.80. The third-order valence-corrected chi connectivity index (χ3v) is 4.80. The summed E-state index contributed by atoms with van der Waals surface area (Å²) in [6.07, 6.45) is -5.02. The lowest BCUT2D eigenvalue weighted by Gasteiger charge is -2.30. The number of likely N-dealkylation sites (N-methyl/N-ethyl adjacent to an activating group) is 1. The normalized spacial score (nSPS) is 18.2. The molecule has 1 saturated heterocycles. The van der Waals surface area contributed by atoms with Gasteiger partial charge in [0.1, 0.15) is 11.9 Å². The van der Waals surface area contributed by atoms with Crippen molar-refractivity contribution >= 4 is 35.3 Å². The van der Waals surface area contributed by atoms with E-state index in [-0.39, 0.29) is 36.2 Å². The second kappa shape index (κ2) is 9.37. The van der Waals surface area contributed by atoms with Crippen molar-refractivity contribution in [3.8, 4) is 0 Å². The second-order valence-electron chi connectivity index (χ2n) is 8.41. The number of halogens is 4. The first-order valence-electron chi connectivity index (χ1n) is 9.80. The molecule has 10 nitrogen and oxygen atoms in total. The summed E-state index contributed by atoms with van der Waals surface area (Å²) in [6, 6.07) is 1.26. The number of nitrogens with one attached hydrogen (secondary N) is 1. The van der Waals surface area contributed by atoms with E-state index in [0.29, 0.717) is 0 Å². The number of nitrogens with two attached hydrogens (primary N) is 1. The number of hydrogen-bond acceptors (Lipinski definition) is 7. The molecular formula is C20H22F4N4O6. The summed E-state index contributed by atoms with van der Waals surface area (Å²) < 4.78 is 46.3. The number of alkyl halides is 3. The van der Waals surface area contributed by atoms with Gasteiger partial charge in [0.05, 0.1) is 16.8 Å². The Morgan fingerprint density at radius 2 is 1.76 bits per heavy atom. The highest BCUT2D eigenvalue weighted by Gasteiger charge is 2.46. The van der Waals surface area contributed by atoms with Crippen molar-refractivity contribution in [1.82, 2.24) is 10.2 Å². The van der Waals surface area contributed by atoms with Crippen molar-refractivity contribution in [2.24, 2.45) is 5.73 Å². The minimum absolute atomic E-state index is 0.0201. The van der Waals surface area contributed by atoms with E-state index in [9.17, 15) is 36.7 Å². The Morgan fingerprint density at radius 3 is 2.24 bits per heavy atom. The van der Waals surface area contributed by atoms with Gasteiger partial charge in [0.25, 0.3) is 11.8 Å². The Labute approximate surface area is 190 Å². The maximum atomic E-state index is 14.6. The Hall–Kier alpha value is -3.55. The number of hydrogen-bond donors (Lipinski definition) is 3. The molecule has 0 bridgehead atoms. The number of benzene rings is 1. The van der Waals surface area contributed by atoms with Gasteiger partial charge in [-0.2, -0.15) is 13.2 Å². The molecule has 0 radical (unpaired) electrons. The average Bonchev–Trinajstić information content (AvgIpc) is 2.91. The molecule has 0 saturated carbocycles. The van der Waals surface area contributed by atoms with Crippen LogP contribution < -0.4 is 16.0 Å². The summed E-state index contributed by atoms with van der Waals surface area (Å²) in [5, 5.41) is 9.25. The van der Waals surface area contributed by atoms with Gasteiger partial charge in [-0.15, -0.1) is 0 Å². The number of fused-ring (bicyclic) bond motifs is 1. The quantitative estimate of drug-likeness (QED) is 0.419. The Balaban J connectivity index is 0.000000509. The van der Waals surface area contributed by atoms with Crippen molar-refractivity contribution in [2.45, 2.75) is 44.4 Å². The van der Waals surface area contributed by atoms with Crippen LogP contribution in [0.4, 0.5) is 23.2 Å². The lowest BCUT2D eigenvalue weighted by Crippen LogP contribution is -2.54. The number of imide groups is 2. The first kappa shape index (κ1) is 26.7. The van der Waals surface area contributed by atoms with Crippen molar-refractivity contribution < 1.29 is 46.6 Å². The minimum Gasteiger partial charge on any atom is -0.475 e. The van der Waals surface area contributed by atoms with Gasteiger partial charge in [0, 0.05) is 25.6 Å². The predicted octanol–water partition coefficient (Wildman–Crippen LogP) is 1.03. The van der Waals surface area contributed by atoms with Gasteiger partial charge in [0.15, 0.2) is 0 Å². The molecule has 0 aromatic heterocycles. The molecule has 0 spiro atoms. The fourth-order valence-corrected chi connectivity index (χ4v) is 3.58. The molecule has 1 atom stereocenters. The van der Waals surface area contributed by atoms with E-state index >= 15 is 0 Å². The highest BCUT2D eigenvalue weighted by molar-refractivity contribution is 6.25. The van der Waals surface area contributed by atoms with Gasteiger partial charge in [0.2, 0.25) is 11.8 Å². The van der Waals surface area contributed by atoms with E-state index < -0.39 is 53.2 Å². The largest absolute Gasteiger partial charge is 0.490 e. The number of amides is 4. The zero-order valence-electron chi connectivity index (χ0n) is 18.3. The number of anilines is 1. The summed E-state index contributed by atoms with van der Waals surface area (Å²) in [5.74, 6) is -6.00. The molecule has 3 rings (SSSR count). The zero-order valence-corrected chi connectivity index (χ0v) is 18.3. The molecular weight excluding hydrogens is 468 g/mol. The highest BCUT2D eigenvalue weighted by Crippen LogP contribution is 2.36. The standard InChI is InChI=1S/C18H21FN4O4.C2HF3O2/c1-18(2,20)8-22(3)14-10(19)5-4-9-13(14)17(27)23(16(9)26)11-6-7-12(24)21-15(11)25;3-2(4,5)1(6)7/h4-5,11H,6-8,20H2,1-3H3,(H,21,24,25);(H,6,7). The predicted molar refractivity (Wildman–Crippen MR) is 108 cm³/mol. The van der Waals surface area contributed by atoms with Crippen LogP contribution in [0.2, 0.25) is 0 Å². The molecule has 34 heavy (non-hydrogen) atoms. The molecule has 1 aromatic rings. The lowest BCUT2D eigenvalue weighted by atomic mass is 10.0. The molecule has 2 aliphatic heterocycles. The molecule has 1 unspecified atom stereocenters. The second-order valence-corrected chi connectivity index (χ2v) is 8.41. The molecule has 4 amide bonds. The fourth-order valence-electron chi connectivity index (χ4n) is 3.58. The minimum atomic E-state index is -5.08. The molecule has 0 aliphatic carbocycles. The number of aliphatic carboxylic acids is 1. The van der Waals surface area contributed by atoms with Gasteiger partial charge >= 0.3 is 12.1 Å². The van der Waals surface area contributed by atoms with Crippen molar-refractivity contribution in [1.29, 1.82) is 0 Å². The van der Waals surface area contributed by atoms with Crippen LogP contribution in [0.1, 0.15) is 47.4 Å². The summed E-state index contributed by atoms with van der Waals surface area (Å²) in [5.41, 5.74) is 5.24. The van der Waals surface area contributed by atoms with Crippen LogP contribution in [-0.4, -0.2) is 71.0 Å². The van der Waals surface area contributed by atoms with E-state index in [1.54, 1.807) is 20.9 Å². The Kier molecular flexibility index (Phi) is 7.35. The topological polar surface area (TPSA) is 150 Å². The molecule has 2 heterocycles. The molecule has 2 aliphatic rings. The van der Waals surface area contributed by atoms with Gasteiger partial charge in [-0.1, -0.05) is 0 Å². The lowest BCUT2D eigenvalue weighted by molar-refractivity contribution is -0.192. The van der Waals surface area contributed by atoms with E-state index in [2.05, 4.69) is 5.32 Å². The first-order chi connectivity index (χ1) is 15.5. The summed E-state index contributed by atoms with van der Waals surface area (Å²) in [7, 11) is 1.58. The van der Waals surface area contributed by atoms with Crippen molar-refractivity contribution in [3.05, 3.63) is 29.1 Å². The number of carboxylic acids is 1. The van der Waals surface area contributed by atoms with Crippen LogP contribution >= 0.6 is 0 Å². The van der Waals surface area contributed by atoms with E-state index in [0.717, 1.165) is 11.0 Å². The van der Waals surface area contributed by atoms with Gasteiger partial charge < -0.3 is 15.7 Å².